The van der Waals surface area contributed by atoms with Crippen molar-refractivity contribution in [2.75, 3.05) is 0 Å². The molecule has 0 spiro atoms. The van der Waals surface area contributed by atoms with Crippen LogP contribution in [0.4, 0.5) is 0 Å². The second kappa shape index (κ2) is 10.9. The highest BCUT2D eigenvalue weighted by Gasteiger charge is 2.20. The third-order valence-electron chi connectivity index (χ3n) is 4.58. The lowest BCUT2D eigenvalue weighted by molar-refractivity contribution is 0.227. The van der Waals surface area contributed by atoms with Crippen LogP contribution in [0, 0.1) is 23.2 Å². The van der Waals surface area contributed by atoms with E-state index in [0.29, 0.717) is 5.41 Å². The molecule has 0 N–H and O–H groups in total. The molecule has 0 amide bonds. The summed E-state index contributed by atoms with van der Waals surface area (Å²) in [5, 5.41) is 0. The van der Waals surface area contributed by atoms with E-state index in [9.17, 15) is 0 Å². The van der Waals surface area contributed by atoms with Gasteiger partial charge in [-0.05, 0) is 29.6 Å². The molecule has 1 unspecified atom stereocenters. The topological polar surface area (TPSA) is 0 Å². The molecule has 0 bridgehead atoms. The van der Waals surface area contributed by atoms with Crippen LogP contribution in [0.5, 0.6) is 0 Å². The van der Waals surface area contributed by atoms with Crippen molar-refractivity contribution >= 4 is 0 Å². The van der Waals surface area contributed by atoms with Crippen molar-refractivity contribution in [2.45, 2.75) is 94.4 Å². The Hall–Kier alpha value is 0. The molecule has 0 radical (unpaired) electrons. The first-order chi connectivity index (χ1) is 8.22. The Labute approximate surface area is 118 Å². The van der Waals surface area contributed by atoms with Crippen molar-refractivity contribution in [2.24, 2.45) is 23.2 Å². The van der Waals surface area contributed by atoms with E-state index in [-0.39, 0.29) is 0 Å². The van der Waals surface area contributed by atoms with Crippen LogP contribution in [-0.4, -0.2) is 0 Å². The molecule has 1 atom stereocenters. The zero-order chi connectivity index (χ0) is 14.8. The Balaban J connectivity index is 0. The highest BCUT2D eigenvalue weighted by Crippen LogP contribution is 2.30. The van der Waals surface area contributed by atoms with Crippen LogP contribution in [0.2, 0.25) is 0 Å². The summed E-state index contributed by atoms with van der Waals surface area (Å²) in [5.41, 5.74) is 0.550. The molecule has 112 valence electrons. The van der Waals surface area contributed by atoms with Crippen LogP contribution in [0.15, 0.2) is 0 Å². The normalized spacial score (nSPS) is 13.5. The van der Waals surface area contributed by atoms with Gasteiger partial charge in [-0.15, -0.1) is 0 Å². The molecule has 0 aromatic rings. The van der Waals surface area contributed by atoms with Crippen molar-refractivity contribution in [1.29, 1.82) is 0 Å². The summed E-state index contributed by atoms with van der Waals surface area (Å²) in [6.07, 6.45) is 6.77. The van der Waals surface area contributed by atoms with Gasteiger partial charge in [0.25, 0.3) is 0 Å². The van der Waals surface area contributed by atoms with E-state index >= 15 is 0 Å². The maximum absolute atomic E-state index is 2.35. The van der Waals surface area contributed by atoms with Crippen LogP contribution in [0.3, 0.4) is 0 Å². The monoisotopic (exact) mass is 256 g/mol. The van der Waals surface area contributed by atoms with Gasteiger partial charge < -0.3 is 0 Å². The lowest BCUT2D eigenvalue weighted by Gasteiger charge is -2.28. The Kier molecular flexibility index (Phi) is 12.3. The minimum absolute atomic E-state index is 0.550. The molecule has 0 rings (SSSR count). The van der Waals surface area contributed by atoms with Crippen molar-refractivity contribution in [1.82, 2.24) is 0 Å². The molecule has 0 aromatic heterocycles. The maximum atomic E-state index is 2.35. The molecular weight excluding hydrogens is 216 g/mol. The summed E-state index contributed by atoms with van der Waals surface area (Å²) in [4.78, 5) is 0. The molecule has 0 fully saturated rings. The van der Waals surface area contributed by atoms with Crippen molar-refractivity contribution in [3.05, 3.63) is 0 Å². The number of hydrogen-bond donors (Lipinski definition) is 0. The third-order valence-corrected chi connectivity index (χ3v) is 4.58. The van der Waals surface area contributed by atoms with Gasteiger partial charge in [0, 0.05) is 0 Å². The van der Waals surface area contributed by atoms with E-state index in [1.165, 1.54) is 32.1 Å². The molecule has 0 heterocycles. The van der Waals surface area contributed by atoms with Gasteiger partial charge in [0.15, 0.2) is 0 Å². The average molecular weight is 257 g/mol. The van der Waals surface area contributed by atoms with Gasteiger partial charge >= 0.3 is 0 Å². The first-order valence-corrected chi connectivity index (χ1v) is 8.22. The van der Waals surface area contributed by atoms with Crippen molar-refractivity contribution in [3.8, 4) is 0 Å². The first kappa shape index (κ1) is 20.3. The van der Waals surface area contributed by atoms with Crippen LogP contribution in [-0.2, 0) is 0 Å². The molecule has 0 aliphatic heterocycles. The first-order valence-electron chi connectivity index (χ1n) is 8.22. The Morgan fingerprint density at radius 1 is 0.833 bits per heavy atom. The number of hydrogen-bond acceptors (Lipinski definition) is 0. The highest BCUT2D eigenvalue weighted by atomic mass is 14.3. The van der Waals surface area contributed by atoms with Gasteiger partial charge in [-0.1, -0.05) is 88.0 Å². The predicted molar refractivity (Wildman–Crippen MR) is 87.1 cm³/mol. The highest BCUT2D eigenvalue weighted by molar-refractivity contribution is 4.70. The Bertz CT molecular complexity index is 165. The summed E-state index contributed by atoms with van der Waals surface area (Å²) < 4.78 is 0. The fourth-order valence-corrected chi connectivity index (χ4v) is 2.31. The molecule has 0 aliphatic rings. The molecule has 0 nitrogen and oxygen atoms in total. The molecule has 18 heavy (non-hydrogen) atoms. The van der Waals surface area contributed by atoms with Crippen LogP contribution >= 0.6 is 0 Å². The van der Waals surface area contributed by atoms with E-state index in [1.807, 2.05) is 0 Å². The van der Waals surface area contributed by atoms with Gasteiger partial charge in [-0.2, -0.15) is 0 Å². The van der Waals surface area contributed by atoms with E-state index in [1.54, 1.807) is 0 Å². The lowest BCUT2D eigenvalue weighted by Crippen LogP contribution is -2.18. The minimum atomic E-state index is 0.550. The van der Waals surface area contributed by atoms with Gasteiger partial charge in [0.2, 0.25) is 0 Å². The fraction of sp³-hybridized carbons (Fsp3) is 1.00. The lowest BCUT2D eigenvalue weighted by atomic mass is 9.78. The number of rotatable bonds is 7. The smallest absolute Gasteiger partial charge is 0.0331 e. The van der Waals surface area contributed by atoms with Gasteiger partial charge in [-0.3, -0.25) is 0 Å². The molecule has 0 saturated heterocycles. The van der Waals surface area contributed by atoms with E-state index in [2.05, 4.69) is 62.3 Å². The van der Waals surface area contributed by atoms with Gasteiger partial charge in [-0.25, -0.2) is 0 Å². The SMILES string of the molecule is CCCC(C)(C)C(C)C.CCCC(CC)C(C)C. The van der Waals surface area contributed by atoms with Gasteiger partial charge in [0.1, 0.15) is 0 Å². The predicted octanol–water partition coefficient (Wildman–Crippen LogP) is 6.94. The summed E-state index contributed by atoms with van der Waals surface area (Å²) in [7, 11) is 0. The fourth-order valence-electron chi connectivity index (χ4n) is 2.31. The quantitative estimate of drug-likeness (QED) is 0.463. The second-order valence-corrected chi connectivity index (χ2v) is 7.09. The molecular formula is C18H40. The largest absolute Gasteiger partial charge is 0.0654 e. The van der Waals surface area contributed by atoms with Crippen LogP contribution in [0.1, 0.15) is 94.4 Å². The van der Waals surface area contributed by atoms with E-state index in [0.717, 1.165) is 17.8 Å². The Morgan fingerprint density at radius 2 is 1.33 bits per heavy atom. The van der Waals surface area contributed by atoms with Gasteiger partial charge in [0.05, 0.1) is 0 Å². The maximum Gasteiger partial charge on any atom is -0.0331 e. The third kappa shape index (κ3) is 9.97. The van der Waals surface area contributed by atoms with Crippen molar-refractivity contribution < 1.29 is 0 Å². The average Bonchev–Trinajstić information content (AvgIpc) is 2.26. The Morgan fingerprint density at radius 3 is 1.44 bits per heavy atom. The molecule has 0 aromatic carbocycles. The zero-order valence-corrected chi connectivity index (χ0v) is 14.8. The molecule has 0 aliphatic carbocycles. The molecule has 0 saturated carbocycles. The van der Waals surface area contributed by atoms with Crippen LogP contribution in [0.25, 0.3) is 0 Å². The zero-order valence-electron chi connectivity index (χ0n) is 14.8. The summed E-state index contributed by atoms with van der Waals surface area (Å²) in [6.45, 7) is 20.8. The summed E-state index contributed by atoms with van der Waals surface area (Å²) in [6, 6.07) is 0. The minimum Gasteiger partial charge on any atom is -0.0654 e. The van der Waals surface area contributed by atoms with Crippen molar-refractivity contribution in [3.63, 3.8) is 0 Å². The summed E-state index contributed by atoms with van der Waals surface area (Å²) in [5.74, 6) is 2.67. The standard InChI is InChI=1S/2C9H20/c1-6-7-9(4,5)8(2)3;1-5-7-9(6-2)8(3)4/h8H,6-7H2,1-5H3;8-9H,5-7H2,1-4H3. The summed E-state index contributed by atoms with van der Waals surface area (Å²) >= 11 is 0. The molecule has 0 heteroatoms. The van der Waals surface area contributed by atoms with E-state index in [4.69, 9.17) is 0 Å². The second-order valence-electron chi connectivity index (χ2n) is 7.09. The van der Waals surface area contributed by atoms with Crippen LogP contribution < -0.4 is 0 Å². The van der Waals surface area contributed by atoms with E-state index < -0.39 is 0 Å².